The van der Waals surface area contributed by atoms with Gasteiger partial charge in [-0.25, -0.2) is 0 Å². The second kappa shape index (κ2) is 5.88. The molecule has 1 amide bonds. The molecule has 5 heteroatoms. The molecule has 0 bridgehead atoms. The predicted octanol–water partition coefficient (Wildman–Crippen LogP) is 3.49. The number of nitrogens with two attached hydrogens (primary N) is 1. The van der Waals surface area contributed by atoms with Gasteiger partial charge in [0.15, 0.2) is 5.78 Å². The predicted molar refractivity (Wildman–Crippen MR) is 83.0 cm³/mol. The number of anilines is 2. The van der Waals surface area contributed by atoms with E-state index in [-0.39, 0.29) is 11.7 Å². The Morgan fingerprint density at radius 2 is 1.85 bits per heavy atom. The molecule has 102 valence electrons. The van der Waals surface area contributed by atoms with Crippen molar-refractivity contribution in [1.82, 2.24) is 0 Å². The fourth-order valence-electron chi connectivity index (χ4n) is 1.69. The van der Waals surface area contributed by atoms with Gasteiger partial charge in [0, 0.05) is 27.0 Å². The van der Waals surface area contributed by atoms with Crippen LogP contribution < -0.4 is 11.1 Å². The SMILES string of the molecule is CC(=O)c1cccc(NC(=O)c2ccc(N)c(Br)c2)c1. The standard InChI is InChI=1S/C15H13BrN2O2/c1-9(19)10-3-2-4-12(7-10)18-15(20)11-5-6-14(17)13(16)8-11/h2-8H,17H2,1H3,(H,18,20). The molecule has 2 aromatic carbocycles. The van der Waals surface area contributed by atoms with Gasteiger partial charge in [0.05, 0.1) is 0 Å². The van der Waals surface area contributed by atoms with Crippen LogP contribution in [0.15, 0.2) is 46.9 Å². The Bertz CT molecular complexity index is 683. The Kier molecular flexibility index (Phi) is 4.20. The molecule has 0 spiro atoms. The van der Waals surface area contributed by atoms with Crippen LogP contribution in [-0.4, -0.2) is 11.7 Å². The van der Waals surface area contributed by atoms with Gasteiger partial charge in [-0.05, 0) is 53.2 Å². The van der Waals surface area contributed by atoms with Crippen molar-refractivity contribution in [2.45, 2.75) is 6.92 Å². The summed E-state index contributed by atoms with van der Waals surface area (Å²) in [6.07, 6.45) is 0. The molecule has 2 rings (SSSR count). The molecule has 0 aliphatic rings. The summed E-state index contributed by atoms with van der Waals surface area (Å²) in [7, 11) is 0. The first-order chi connectivity index (χ1) is 9.47. The lowest BCUT2D eigenvalue weighted by Gasteiger charge is -2.07. The number of rotatable bonds is 3. The molecular formula is C15H13BrN2O2. The molecule has 0 aliphatic carbocycles. The number of hydrogen-bond donors (Lipinski definition) is 2. The van der Waals surface area contributed by atoms with Crippen LogP contribution in [0.1, 0.15) is 27.6 Å². The van der Waals surface area contributed by atoms with Crippen LogP contribution in [0.5, 0.6) is 0 Å². The fourth-order valence-corrected chi connectivity index (χ4v) is 2.07. The van der Waals surface area contributed by atoms with Gasteiger partial charge >= 0.3 is 0 Å². The summed E-state index contributed by atoms with van der Waals surface area (Å²) in [4.78, 5) is 23.4. The number of nitrogens with one attached hydrogen (secondary N) is 1. The van der Waals surface area contributed by atoms with E-state index in [9.17, 15) is 9.59 Å². The largest absolute Gasteiger partial charge is 0.398 e. The zero-order chi connectivity index (χ0) is 14.7. The van der Waals surface area contributed by atoms with E-state index in [4.69, 9.17) is 5.73 Å². The van der Waals surface area contributed by atoms with Crippen LogP contribution in [0.25, 0.3) is 0 Å². The van der Waals surface area contributed by atoms with E-state index in [1.165, 1.54) is 6.92 Å². The maximum absolute atomic E-state index is 12.1. The molecule has 0 saturated carbocycles. The van der Waals surface area contributed by atoms with Gasteiger partial charge in [-0.1, -0.05) is 12.1 Å². The zero-order valence-electron chi connectivity index (χ0n) is 10.8. The molecule has 0 saturated heterocycles. The van der Waals surface area contributed by atoms with Crippen molar-refractivity contribution in [3.63, 3.8) is 0 Å². The smallest absolute Gasteiger partial charge is 0.255 e. The molecule has 0 atom stereocenters. The highest BCUT2D eigenvalue weighted by atomic mass is 79.9. The van der Waals surface area contributed by atoms with Gasteiger partial charge in [0.1, 0.15) is 0 Å². The maximum atomic E-state index is 12.1. The van der Waals surface area contributed by atoms with Gasteiger partial charge in [-0.15, -0.1) is 0 Å². The highest BCUT2D eigenvalue weighted by Gasteiger charge is 2.09. The number of carbonyl (C=O) groups excluding carboxylic acids is 2. The first-order valence-corrected chi connectivity index (χ1v) is 6.74. The van der Waals surface area contributed by atoms with E-state index in [0.29, 0.717) is 27.0 Å². The van der Waals surface area contributed by atoms with E-state index in [1.807, 2.05) is 0 Å². The van der Waals surface area contributed by atoms with Crippen molar-refractivity contribution in [3.8, 4) is 0 Å². The average molecular weight is 333 g/mol. The quantitative estimate of drug-likeness (QED) is 0.667. The number of halogens is 1. The Balaban J connectivity index is 2.21. The number of carbonyl (C=O) groups is 2. The lowest BCUT2D eigenvalue weighted by molar-refractivity contribution is 0.101. The summed E-state index contributed by atoms with van der Waals surface area (Å²) >= 11 is 3.28. The van der Waals surface area contributed by atoms with Crippen LogP contribution in [-0.2, 0) is 0 Å². The third kappa shape index (κ3) is 3.24. The van der Waals surface area contributed by atoms with E-state index < -0.39 is 0 Å². The Labute approximate surface area is 125 Å². The summed E-state index contributed by atoms with van der Waals surface area (Å²) in [6.45, 7) is 1.48. The molecule has 4 nitrogen and oxygen atoms in total. The topological polar surface area (TPSA) is 72.2 Å². The molecule has 0 aromatic heterocycles. The summed E-state index contributed by atoms with van der Waals surface area (Å²) in [5, 5.41) is 2.75. The summed E-state index contributed by atoms with van der Waals surface area (Å²) in [5.74, 6) is -0.303. The Morgan fingerprint density at radius 1 is 1.10 bits per heavy atom. The van der Waals surface area contributed by atoms with Crippen LogP contribution >= 0.6 is 15.9 Å². The minimum Gasteiger partial charge on any atom is -0.398 e. The van der Waals surface area contributed by atoms with Crippen molar-refractivity contribution < 1.29 is 9.59 Å². The Morgan fingerprint density at radius 3 is 2.50 bits per heavy atom. The van der Waals surface area contributed by atoms with Crippen molar-refractivity contribution in [3.05, 3.63) is 58.1 Å². The number of Topliss-reactive ketones (excluding diaryl/α,β-unsaturated/α-hetero) is 1. The van der Waals surface area contributed by atoms with Gasteiger partial charge in [-0.2, -0.15) is 0 Å². The molecule has 2 aromatic rings. The van der Waals surface area contributed by atoms with Crippen molar-refractivity contribution in [1.29, 1.82) is 0 Å². The average Bonchev–Trinajstić information content (AvgIpc) is 2.42. The lowest BCUT2D eigenvalue weighted by atomic mass is 10.1. The van der Waals surface area contributed by atoms with Crippen molar-refractivity contribution in [2.75, 3.05) is 11.1 Å². The molecule has 0 unspecified atom stereocenters. The van der Waals surface area contributed by atoms with Gasteiger partial charge in [0.2, 0.25) is 0 Å². The number of benzene rings is 2. The van der Waals surface area contributed by atoms with E-state index in [0.717, 1.165) is 0 Å². The second-order valence-electron chi connectivity index (χ2n) is 4.33. The lowest BCUT2D eigenvalue weighted by Crippen LogP contribution is -2.12. The van der Waals surface area contributed by atoms with Crippen LogP contribution in [0.2, 0.25) is 0 Å². The van der Waals surface area contributed by atoms with Gasteiger partial charge < -0.3 is 11.1 Å². The summed E-state index contributed by atoms with van der Waals surface area (Å²) < 4.78 is 0.669. The molecule has 3 N–H and O–H groups in total. The molecule has 0 aliphatic heterocycles. The van der Waals surface area contributed by atoms with Crippen LogP contribution in [0.4, 0.5) is 11.4 Å². The first-order valence-electron chi connectivity index (χ1n) is 5.95. The number of nitrogen functional groups attached to an aromatic ring is 1. The van der Waals surface area contributed by atoms with E-state index in [2.05, 4.69) is 21.2 Å². The molecule has 0 fully saturated rings. The second-order valence-corrected chi connectivity index (χ2v) is 5.18. The first kappa shape index (κ1) is 14.3. The van der Waals surface area contributed by atoms with Crippen molar-refractivity contribution in [2.24, 2.45) is 0 Å². The molecular weight excluding hydrogens is 320 g/mol. The molecule has 0 heterocycles. The zero-order valence-corrected chi connectivity index (χ0v) is 12.4. The number of amides is 1. The fraction of sp³-hybridized carbons (Fsp3) is 0.0667. The number of ketones is 1. The van der Waals surface area contributed by atoms with Crippen molar-refractivity contribution >= 4 is 39.0 Å². The number of hydrogen-bond acceptors (Lipinski definition) is 3. The minimum absolute atomic E-state index is 0.0451. The van der Waals surface area contributed by atoms with E-state index >= 15 is 0 Å². The molecule has 0 radical (unpaired) electrons. The minimum atomic E-state index is -0.258. The summed E-state index contributed by atoms with van der Waals surface area (Å²) in [5.41, 5.74) is 7.87. The van der Waals surface area contributed by atoms with Gasteiger partial charge in [0.25, 0.3) is 5.91 Å². The summed E-state index contributed by atoms with van der Waals surface area (Å²) in [6, 6.07) is 11.8. The van der Waals surface area contributed by atoms with Crippen LogP contribution in [0, 0.1) is 0 Å². The third-order valence-electron chi connectivity index (χ3n) is 2.79. The molecule has 20 heavy (non-hydrogen) atoms. The highest BCUT2D eigenvalue weighted by Crippen LogP contribution is 2.21. The van der Waals surface area contributed by atoms with E-state index in [1.54, 1.807) is 42.5 Å². The van der Waals surface area contributed by atoms with Gasteiger partial charge in [-0.3, -0.25) is 9.59 Å². The Hall–Kier alpha value is -2.14. The van der Waals surface area contributed by atoms with Crippen LogP contribution in [0.3, 0.4) is 0 Å². The monoisotopic (exact) mass is 332 g/mol. The normalized spacial score (nSPS) is 10.1. The third-order valence-corrected chi connectivity index (χ3v) is 3.48. The maximum Gasteiger partial charge on any atom is 0.255 e. The highest BCUT2D eigenvalue weighted by molar-refractivity contribution is 9.10.